The molecule has 75 valence electrons. The summed E-state index contributed by atoms with van der Waals surface area (Å²) < 4.78 is 0. The van der Waals surface area contributed by atoms with E-state index in [4.69, 9.17) is 34.8 Å². The fourth-order valence-corrected chi connectivity index (χ4v) is 2.65. The molecule has 1 fully saturated rings. The zero-order chi connectivity index (χ0) is 10.1. The highest BCUT2D eigenvalue weighted by Crippen LogP contribution is 2.36. The van der Waals surface area contributed by atoms with E-state index in [2.05, 4.69) is 6.42 Å². The molecule has 0 saturated carbocycles. The minimum atomic E-state index is 0.437. The second kappa shape index (κ2) is 4.52. The number of hydrogen-bond donors (Lipinski definition) is 0. The Labute approximate surface area is 103 Å². The Kier molecular flexibility index (Phi) is 3.54. The fourth-order valence-electron chi connectivity index (χ4n) is 1.27. The molecule has 0 N–H and O–H groups in total. The molecule has 1 unspecified atom stereocenters. The van der Waals surface area contributed by atoms with Crippen LogP contribution < -0.4 is 0 Å². The molecule has 0 amide bonds. The van der Waals surface area contributed by atoms with Crippen LogP contribution >= 0.6 is 46.6 Å². The second-order valence-corrected chi connectivity index (χ2v) is 5.70. The van der Waals surface area contributed by atoms with Crippen molar-refractivity contribution < 1.29 is 0 Å². The van der Waals surface area contributed by atoms with Gasteiger partial charge in [0.05, 0.1) is 15.1 Å². The largest absolute Gasteiger partial charge is 0.158 e. The summed E-state index contributed by atoms with van der Waals surface area (Å²) in [5, 5.41) is 2.10. The van der Waals surface area contributed by atoms with E-state index in [0.29, 0.717) is 20.3 Å². The lowest BCUT2D eigenvalue weighted by atomic mass is 10.1. The van der Waals surface area contributed by atoms with Gasteiger partial charge in [0.15, 0.2) is 0 Å². The van der Waals surface area contributed by atoms with Crippen LogP contribution in [0, 0.1) is 6.42 Å². The van der Waals surface area contributed by atoms with Crippen molar-refractivity contribution in [2.45, 2.75) is 11.7 Å². The van der Waals surface area contributed by atoms with Gasteiger partial charge in [-0.15, -0.1) is 0 Å². The smallest absolute Gasteiger partial charge is 0.0778 e. The maximum absolute atomic E-state index is 5.92. The normalized spacial score (nSPS) is 20.6. The molecule has 4 heteroatoms. The van der Waals surface area contributed by atoms with Crippen LogP contribution in [0.5, 0.6) is 0 Å². The predicted octanol–water partition coefficient (Wildman–Crippen LogP) is 4.70. The Morgan fingerprint density at radius 2 is 1.79 bits per heavy atom. The van der Waals surface area contributed by atoms with E-state index in [1.54, 1.807) is 0 Å². The summed E-state index contributed by atoms with van der Waals surface area (Å²) >= 11 is 19.6. The Hall–Kier alpha value is 0.440. The summed E-state index contributed by atoms with van der Waals surface area (Å²) in [4.78, 5) is 0. The van der Waals surface area contributed by atoms with Crippen molar-refractivity contribution >= 4 is 46.6 Å². The van der Waals surface area contributed by atoms with Crippen LogP contribution in [0.2, 0.25) is 15.1 Å². The number of benzene rings is 1. The number of halogens is 3. The molecule has 1 aliphatic rings. The molecular weight excluding hydrogens is 259 g/mol. The van der Waals surface area contributed by atoms with Gasteiger partial charge >= 0.3 is 0 Å². The van der Waals surface area contributed by atoms with Gasteiger partial charge in [-0.3, -0.25) is 0 Å². The lowest BCUT2D eigenvalue weighted by molar-refractivity contribution is 0.888. The van der Waals surface area contributed by atoms with Crippen molar-refractivity contribution in [3.05, 3.63) is 39.2 Å². The van der Waals surface area contributed by atoms with Crippen molar-refractivity contribution in [1.82, 2.24) is 0 Å². The van der Waals surface area contributed by atoms with E-state index < -0.39 is 0 Å². The zero-order valence-corrected chi connectivity index (χ0v) is 10.4. The quantitative estimate of drug-likeness (QED) is 0.699. The third-order valence-electron chi connectivity index (χ3n) is 2.12. The number of rotatable bonds is 2. The lowest BCUT2D eigenvalue weighted by Gasteiger charge is -2.24. The van der Waals surface area contributed by atoms with Gasteiger partial charge < -0.3 is 0 Å². The summed E-state index contributed by atoms with van der Waals surface area (Å²) in [6.07, 6.45) is 3.42. The van der Waals surface area contributed by atoms with Gasteiger partial charge in [0.25, 0.3) is 0 Å². The molecule has 1 heterocycles. The third-order valence-corrected chi connectivity index (χ3v) is 4.59. The van der Waals surface area contributed by atoms with Crippen molar-refractivity contribution in [3.63, 3.8) is 0 Å². The highest BCUT2D eigenvalue weighted by atomic mass is 35.5. The van der Waals surface area contributed by atoms with Crippen LogP contribution in [-0.2, 0) is 0 Å². The summed E-state index contributed by atoms with van der Waals surface area (Å²) in [5.74, 6) is 1.25. The summed E-state index contributed by atoms with van der Waals surface area (Å²) in [6.45, 7) is 0. The van der Waals surface area contributed by atoms with Crippen LogP contribution in [0.25, 0.3) is 0 Å². The van der Waals surface area contributed by atoms with Crippen LogP contribution in [0.15, 0.2) is 12.1 Å². The zero-order valence-electron chi connectivity index (χ0n) is 7.27. The maximum Gasteiger partial charge on any atom is 0.0778 e. The van der Waals surface area contributed by atoms with Crippen LogP contribution in [0.4, 0.5) is 0 Å². The van der Waals surface area contributed by atoms with E-state index in [-0.39, 0.29) is 0 Å². The van der Waals surface area contributed by atoms with E-state index in [9.17, 15) is 0 Å². The first-order valence-electron chi connectivity index (χ1n) is 4.28. The Bertz CT molecular complexity index is 324. The molecule has 1 aliphatic heterocycles. The minimum Gasteiger partial charge on any atom is -0.158 e. The molecule has 0 aliphatic carbocycles. The van der Waals surface area contributed by atoms with Gasteiger partial charge in [0.1, 0.15) is 0 Å². The summed E-state index contributed by atoms with van der Waals surface area (Å²) in [6, 6.07) is 3.71. The summed E-state index contributed by atoms with van der Waals surface area (Å²) in [5.41, 5.74) is 1.06. The predicted molar refractivity (Wildman–Crippen MR) is 65.7 cm³/mol. The molecule has 1 aromatic carbocycles. The highest BCUT2D eigenvalue weighted by molar-refractivity contribution is 8.01. The lowest BCUT2D eigenvalue weighted by Crippen LogP contribution is -2.16. The van der Waals surface area contributed by atoms with E-state index in [1.807, 2.05) is 23.9 Å². The molecule has 1 aromatic rings. The molecular formula is C10H8Cl3S. The first-order valence-corrected chi connectivity index (χ1v) is 6.46. The Morgan fingerprint density at radius 3 is 2.21 bits per heavy atom. The van der Waals surface area contributed by atoms with Crippen molar-refractivity contribution in [1.29, 1.82) is 0 Å². The molecule has 1 atom stereocenters. The minimum absolute atomic E-state index is 0.437. The van der Waals surface area contributed by atoms with Crippen LogP contribution in [0.1, 0.15) is 12.0 Å². The fraction of sp³-hybridized carbons (Fsp3) is 0.300. The maximum atomic E-state index is 5.92. The van der Waals surface area contributed by atoms with Gasteiger partial charge in [-0.1, -0.05) is 34.8 Å². The monoisotopic (exact) mass is 265 g/mol. The van der Waals surface area contributed by atoms with E-state index in [1.165, 1.54) is 12.2 Å². The third kappa shape index (κ3) is 2.33. The molecule has 14 heavy (non-hydrogen) atoms. The second-order valence-electron chi connectivity index (χ2n) is 3.16. The molecule has 2 rings (SSSR count). The Morgan fingerprint density at radius 1 is 1.21 bits per heavy atom. The van der Waals surface area contributed by atoms with Gasteiger partial charge in [-0.2, -0.15) is 11.8 Å². The standard InChI is InChI=1S/C10H8Cl3S/c11-8-4-6(3-7-1-2-14-7)5-9(12)10(8)13/h3-5,7H,1-2H2. The average molecular weight is 267 g/mol. The van der Waals surface area contributed by atoms with Gasteiger partial charge in [-0.05, 0) is 29.9 Å². The van der Waals surface area contributed by atoms with E-state index >= 15 is 0 Å². The van der Waals surface area contributed by atoms with Crippen molar-refractivity contribution in [2.75, 3.05) is 5.75 Å². The Balaban J connectivity index is 2.17. The van der Waals surface area contributed by atoms with Gasteiger partial charge in [0, 0.05) is 11.7 Å². The first kappa shape index (κ1) is 10.9. The molecule has 0 spiro atoms. The van der Waals surface area contributed by atoms with Crippen molar-refractivity contribution in [2.24, 2.45) is 0 Å². The van der Waals surface area contributed by atoms with Crippen LogP contribution in [-0.4, -0.2) is 11.0 Å². The number of thioether (sulfide) groups is 1. The topological polar surface area (TPSA) is 0 Å². The molecule has 1 saturated heterocycles. The molecule has 1 radical (unpaired) electrons. The van der Waals surface area contributed by atoms with Crippen molar-refractivity contribution in [3.8, 4) is 0 Å². The molecule has 0 nitrogen and oxygen atoms in total. The highest BCUT2D eigenvalue weighted by Gasteiger charge is 2.19. The average Bonchev–Trinajstić information content (AvgIpc) is 2.07. The van der Waals surface area contributed by atoms with Crippen LogP contribution in [0.3, 0.4) is 0 Å². The molecule has 0 bridgehead atoms. The SMILES string of the molecule is Clc1cc([CH]C2CCS2)cc(Cl)c1Cl. The first-order chi connectivity index (χ1) is 6.66. The number of hydrogen-bond acceptors (Lipinski definition) is 1. The van der Waals surface area contributed by atoms with Gasteiger partial charge in [0.2, 0.25) is 0 Å². The van der Waals surface area contributed by atoms with Gasteiger partial charge in [-0.25, -0.2) is 0 Å². The van der Waals surface area contributed by atoms with E-state index in [0.717, 1.165) is 5.56 Å². The summed E-state index contributed by atoms with van der Waals surface area (Å²) in [7, 11) is 0. The molecule has 0 aromatic heterocycles.